The zero-order valence-electron chi connectivity index (χ0n) is 16.1. The van der Waals surface area contributed by atoms with Crippen molar-refractivity contribution in [3.63, 3.8) is 0 Å². The number of fused-ring (bicyclic) bond motifs is 1. The standard InChI is InChI=1S/C20H24N4O3S/c1-20(2)18(26)24(19(27)22-20)12-10-16(25)23-11-6-5-8-14(23)17-21-13-7-3-4-9-15(13)28-17/h3-4,7,9,14H,5-6,8,10-12H2,1-2H3,(H,22,27). The van der Waals surface area contributed by atoms with Gasteiger partial charge in [-0.05, 0) is 45.2 Å². The number of hydrogen-bond donors (Lipinski definition) is 1. The quantitative estimate of drug-likeness (QED) is 0.800. The van der Waals surface area contributed by atoms with Gasteiger partial charge in [-0.15, -0.1) is 11.3 Å². The highest BCUT2D eigenvalue weighted by Crippen LogP contribution is 2.36. The smallest absolute Gasteiger partial charge is 0.325 e. The fourth-order valence-corrected chi connectivity index (χ4v) is 5.01. The van der Waals surface area contributed by atoms with Gasteiger partial charge in [-0.2, -0.15) is 0 Å². The van der Waals surface area contributed by atoms with Crippen LogP contribution in [0.25, 0.3) is 10.2 Å². The molecule has 4 amide bonds. The maximum absolute atomic E-state index is 13.0. The largest absolute Gasteiger partial charge is 0.333 e. The van der Waals surface area contributed by atoms with Gasteiger partial charge in [-0.25, -0.2) is 9.78 Å². The molecule has 0 saturated carbocycles. The minimum Gasteiger partial charge on any atom is -0.333 e. The number of carbonyl (C=O) groups excluding carboxylic acids is 3. The minimum atomic E-state index is -0.908. The normalized spacial score (nSPS) is 22.0. The summed E-state index contributed by atoms with van der Waals surface area (Å²) in [6.45, 7) is 4.13. The first-order valence-electron chi connectivity index (χ1n) is 9.66. The molecule has 1 unspecified atom stereocenters. The number of piperidine rings is 1. The van der Waals surface area contributed by atoms with Crippen LogP contribution in [0.5, 0.6) is 0 Å². The van der Waals surface area contributed by atoms with Crippen molar-refractivity contribution in [3.05, 3.63) is 29.3 Å². The van der Waals surface area contributed by atoms with Gasteiger partial charge in [0, 0.05) is 19.5 Å². The zero-order valence-corrected chi connectivity index (χ0v) is 16.9. The van der Waals surface area contributed by atoms with Crippen LogP contribution < -0.4 is 5.32 Å². The molecule has 2 fully saturated rings. The number of aromatic nitrogens is 1. The lowest BCUT2D eigenvalue weighted by Gasteiger charge is -2.35. The van der Waals surface area contributed by atoms with E-state index in [-0.39, 0.29) is 30.8 Å². The van der Waals surface area contributed by atoms with Crippen LogP contribution in [0.3, 0.4) is 0 Å². The summed E-state index contributed by atoms with van der Waals surface area (Å²) >= 11 is 1.64. The van der Waals surface area contributed by atoms with E-state index in [2.05, 4.69) is 5.32 Å². The van der Waals surface area contributed by atoms with Crippen LogP contribution in [0.4, 0.5) is 4.79 Å². The SMILES string of the molecule is CC1(C)NC(=O)N(CCC(=O)N2CCCCC2c2nc3ccccc3s2)C1=O. The number of nitrogens with zero attached hydrogens (tertiary/aromatic N) is 3. The lowest BCUT2D eigenvalue weighted by Crippen LogP contribution is -2.42. The molecule has 1 aromatic heterocycles. The van der Waals surface area contributed by atoms with Gasteiger partial charge in [0.2, 0.25) is 5.91 Å². The molecule has 1 aromatic carbocycles. The molecular weight excluding hydrogens is 376 g/mol. The van der Waals surface area contributed by atoms with Crippen molar-refractivity contribution in [1.29, 1.82) is 0 Å². The molecule has 1 atom stereocenters. The van der Waals surface area contributed by atoms with Gasteiger partial charge < -0.3 is 10.2 Å². The number of rotatable bonds is 4. The zero-order chi connectivity index (χ0) is 19.9. The van der Waals surface area contributed by atoms with Crippen LogP contribution in [-0.2, 0) is 9.59 Å². The number of urea groups is 1. The van der Waals surface area contributed by atoms with Crippen LogP contribution >= 0.6 is 11.3 Å². The molecule has 3 heterocycles. The van der Waals surface area contributed by atoms with Crippen molar-refractivity contribution in [1.82, 2.24) is 20.1 Å². The molecule has 4 rings (SSSR count). The van der Waals surface area contributed by atoms with E-state index in [9.17, 15) is 14.4 Å². The molecule has 0 bridgehead atoms. The molecular formula is C20H24N4O3S. The van der Waals surface area contributed by atoms with Gasteiger partial charge >= 0.3 is 6.03 Å². The minimum absolute atomic E-state index is 0.0294. The van der Waals surface area contributed by atoms with E-state index < -0.39 is 11.6 Å². The average molecular weight is 401 g/mol. The number of likely N-dealkylation sites (tertiary alicyclic amines) is 1. The number of hydrogen-bond acceptors (Lipinski definition) is 5. The van der Waals surface area contributed by atoms with Gasteiger partial charge in [0.05, 0.1) is 16.3 Å². The average Bonchev–Trinajstić information content (AvgIpc) is 3.19. The molecule has 2 aliphatic rings. The van der Waals surface area contributed by atoms with Gasteiger partial charge in [-0.3, -0.25) is 14.5 Å². The summed E-state index contributed by atoms with van der Waals surface area (Å²) in [5.41, 5.74) is 0.0523. The Labute approximate surface area is 167 Å². The summed E-state index contributed by atoms with van der Waals surface area (Å²) < 4.78 is 1.12. The number of thiazole rings is 1. The second-order valence-corrected chi connectivity index (χ2v) is 8.94. The Balaban J connectivity index is 1.47. The predicted octanol–water partition coefficient (Wildman–Crippen LogP) is 3.07. The predicted molar refractivity (Wildman–Crippen MR) is 107 cm³/mol. The summed E-state index contributed by atoms with van der Waals surface area (Å²) in [5, 5.41) is 3.61. The number of imide groups is 1. The Morgan fingerprint density at radius 1 is 1.29 bits per heavy atom. The van der Waals surface area contributed by atoms with Gasteiger partial charge in [-0.1, -0.05) is 12.1 Å². The summed E-state index contributed by atoms with van der Waals surface area (Å²) in [4.78, 5) is 45.1. The Hall–Kier alpha value is -2.48. The third kappa shape index (κ3) is 3.37. The monoisotopic (exact) mass is 400 g/mol. The van der Waals surface area contributed by atoms with E-state index in [1.807, 2.05) is 29.2 Å². The van der Waals surface area contributed by atoms with E-state index in [4.69, 9.17) is 4.98 Å². The lowest BCUT2D eigenvalue weighted by atomic mass is 10.0. The Morgan fingerprint density at radius 2 is 2.07 bits per heavy atom. The van der Waals surface area contributed by atoms with Crippen LogP contribution in [-0.4, -0.2) is 51.3 Å². The van der Waals surface area contributed by atoms with Crippen molar-refractivity contribution >= 4 is 39.4 Å². The highest BCUT2D eigenvalue weighted by atomic mass is 32.1. The second kappa shape index (κ2) is 7.16. The van der Waals surface area contributed by atoms with Crippen LogP contribution in [0.1, 0.15) is 50.6 Å². The van der Waals surface area contributed by atoms with Crippen molar-refractivity contribution in [3.8, 4) is 0 Å². The first-order chi connectivity index (χ1) is 13.4. The molecule has 148 valence electrons. The summed E-state index contributed by atoms with van der Waals surface area (Å²) in [5.74, 6) is -0.319. The molecule has 2 aliphatic heterocycles. The van der Waals surface area contributed by atoms with Crippen molar-refractivity contribution < 1.29 is 14.4 Å². The molecule has 28 heavy (non-hydrogen) atoms. The molecule has 1 N–H and O–H groups in total. The van der Waals surface area contributed by atoms with Crippen molar-refractivity contribution in [2.75, 3.05) is 13.1 Å². The molecule has 8 heteroatoms. The lowest BCUT2D eigenvalue weighted by molar-refractivity contribution is -0.136. The Kier molecular flexibility index (Phi) is 4.82. The summed E-state index contributed by atoms with van der Waals surface area (Å²) in [6.07, 6.45) is 3.05. The second-order valence-electron chi connectivity index (χ2n) is 7.88. The van der Waals surface area contributed by atoms with E-state index in [1.165, 1.54) is 0 Å². The Bertz CT molecular complexity index is 905. The van der Waals surface area contributed by atoms with Gasteiger partial charge in [0.1, 0.15) is 10.5 Å². The van der Waals surface area contributed by atoms with Gasteiger partial charge in [0.15, 0.2) is 0 Å². The first-order valence-corrected chi connectivity index (χ1v) is 10.5. The topological polar surface area (TPSA) is 82.6 Å². The summed E-state index contributed by atoms with van der Waals surface area (Å²) in [6, 6.07) is 7.54. The maximum atomic E-state index is 13.0. The fraction of sp³-hybridized carbons (Fsp3) is 0.500. The van der Waals surface area contributed by atoms with Crippen molar-refractivity contribution in [2.24, 2.45) is 0 Å². The highest BCUT2D eigenvalue weighted by molar-refractivity contribution is 7.18. The maximum Gasteiger partial charge on any atom is 0.325 e. The van der Waals surface area contributed by atoms with Crippen LogP contribution in [0, 0.1) is 0 Å². The number of para-hydroxylation sites is 1. The Morgan fingerprint density at radius 3 is 2.79 bits per heavy atom. The number of amides is 4. The molecule has 0 spiro atoms. The fourth-order valence-electron chi connectivity index (χ4n) is 3.89. The molecule has 0 aliphatic carbocycles. The number of benzene rings is 1. The van der Waals surface area contributed by atoms with E-state index in [0.717, 1.165) is 39.4 Å². The third-order valence-corrected chi connectivity index (χ3v) is 6.55. The highest BCUT2D eigenvalue weighted by Gasteiger charge is 2.44. The van der Waals surface area contributed by atoms with Crippen LogP contribution in [0.15, 0.2) is 24.3 Å². The molecule has 2 aromatic rings. The molecule has 7 nitrogen and oxygen atoms in total. The first kappa shape index (κ1) is 18.9. The van der Waals surface area contributed by atoms with E-state index >= 15 is 0 Å². The summed E-state index contributed by atoms with van der Waals surface area (Å²) in [7, 11) is 0. The number of carbonyl (C=O) groups is 3. The van der Waals surface area contributed by atoms with Gasteiger partial charge in [0.25, 0.3) is 5.91 Å². The van der Waals surface area contributed by atoms with Crippen LogP contribution in [0.2, 0.25) is 0 Å². The van der Waals surface area contributed by atoms with E-state index in [0.29, 0.717) is 6.54 Å². The molecule has 0 radical (unpaired) electrons. The molecule has 2 saturated heterocycles. The van der Waals surface area contributed by atoms with E-state index in [1.54, 1.807) is 25.2 Å². The number of nitrogens with one attached hydrogen (secondary N) is 1. The van der Waals surface area contributed by atoms with Crippen molar-refractivity contribution in [2.45, 2.75) is 51.1 Å². The third-order valence-electron chi connectivity index (χ3n) is 5.41.